The highest BCUT2D eigenvalue weighted by Gasteiger charge is 2.17. The molecule has 0 spiro atoms. The van der Waals surface area contributed by atoms with Crippen molar-refractivity contribution in [3.8, 4) is 0 Å². The number of aryl methyl sites for hydroxylation is 2. The van der Waals surface area contributed by atoms with Crippen molar-refractivity contribution in [2.75, 3.05) is 11.1 Å². The van der Waals surface area contributed by atoms with Crippen molar-refractivity contribution < 1.29 is 4.79 Å². The molecule has 0 radical (unpaired) electrons. The van der Waals surface area contributed by atoms with E-state index in [1.165, 1.54) is 4.68 Å². The maximum atomic E-state index is 12.0. The van der Waals surface area contributed by atoms with Gasteiger partial charge in [-0.05, 0) is 19.1 Å². The van der Waals surface area contributed by atoms with E-state index in [9.17, 15) is 4.79 Å². The molecule has 3 N–H and O–H groups in total. The van der Waals surface area contributed by atoms with E-state index in [-0.39, 0.29) is 5.91 Å². The summed E-state index contributed by atoms with van der Waals surface area (Å²) in [6, 6.07) is 3.50. The number of pyridine rings is 1. The van der Waals surface area contributed by atoms with Crippen LogP contribution in [0.4, 0.5) is 11.4 Å². The van der Waals surface area contributed by atoms with Crippen LogP contribution in [0.5, 0.6) is 0 Å². The lowest BCUT2D eigenvalue weighted by Crippen LogP contribution is -2.17. The highest BCUT2D eigenvalue weighted by molar-refractivity contribution is 6.06. The first-order valence-corrected chi connectivity index (χ1v) is 5.10. The van der Waals surface area contributed by atoms with Gasteiger partial charge in [-0.25, -0.2) is 0 Å². The maximum absolute atomic E-state index is 12.0. The van der Waals surface area contributed by atoms with Crippen molar-refractivity contribution in [1.29, 1.82) is 0 Å². The van der Waals surface area contributed by atoms with Gasteiger partial charge in [-0.3, -0.25) is 14.5 Å². The topological polar surface area (TPSA) is 85.8 Å². The van der Waals surface area contributed by atoms with Crippen LogP contribution < -0.4 is 11.1 Å². The number of hydrogen-bond acceptors (Lipinski definition) is 4. The first-order valence-electron chi connectivity index (χ1n) is 5.10. The molecule has 2 aromatic heterocycles. The second kappa shape index (κ2) is 4.25. The summed E-state index contributed by atoms with van der Waals surface area (Å²) in [6.07, 6.45) is 3.20. The van der Waals surface area contributed by atoms with E-state index in [0.29, 0.717) is 22.8 Å². The number of nitrogens with one attached hydrogen (secondary N) is 1. The van der Waals surface area contributed by atoms with Crippen LogP contribution in [-0.4, -0.2) is 20.7 Å². The third kappa shape index (κ3) is 2.10. The number of rotatable bonds is 2. The van der Waals surface area contributed by atoms with Crippen LogP contribution in [0.3, 0.4) is 0 Å². The predicted octanol–water partition coefficient (Wildman–Crippen LogP) is 0.958. The summed E-state index contributed by atoms with van der Waals surface area (Å²) >= 11 is 0. The molecule has 17 heavy (non-hydrogen) atoms. The summed E-state index contributed by atoms with van der Waals surface area (Å²) in [5.74, 6) is -0.293. The Hall–Kier alpha value is -2.37. The minimum atomic E-state index is -0.293. The minimum Gasteiger partial charge on any atom is -0.395 e. The first-order chi connectivity index (χ1) is 8.09. The van der Waals surface area contributed by atoms with Crippen molar-refractivity contribution in [2.45, 2.75) is 6.92 Å². The molecular formula is C11H13N5O. The standard InChI is InChI=1S/C11H13N5O/c1-7-9(12)10(16(2)15-7)11(17)14-8-4-3-5-13-6-8/h3-6H,12H2,1-2H3,(H,14,17). The molecule has 2 aromatic rings. The molecular weight excluding hydrogens is 218 g/mol. The molecule has 0 unspecified atom stereocenters. The van der Waals surface area contributed by atoms with Crippen molar-refractivity contribution in [1.82, 2.24) is 14.8 Å². The van der Waals surface area contributed by atoms with E-state index in [4.69, 9.17) is 5.73 Å². The van der Waals surface area contributed by atoms with Gasteiger partial charge in [0.2, 0.25) is 0 Å². The van der Waals surface area contributed by atoms with Crippen LogP contribution in [0.25, 0.3) is 0 Å². The van der Waals surface area contributed by atoms with Crippen LogP contribution in [-0.2, 0) is 7.05 Å². The molecule has 0 saturated carbocycles. The summed E-state index contributed by atoms with van der Waals surface area (Å²) in [7, 11) is 1.68. The van der Waals surface area contributed by atoms with Gasteiger partial charge >= 0.3 is 0 Å². The average molecular weight is 231 g/mol. The summed E-state index contributed by atoms with van der Waals surface area (Å²) < 4.78 is 1.47. The Morgan fingerprint density at radius 2 is 2.29 bits per heavy atom. The number of aromatic nitrogens is 3. The number of nitrogens with two attached hydrogens (primary N) is 1. The number of carbonyl (C=O) groups excluding carboxylic acids is 1. The Morgan fingerprint density at radius 1 is 1.53 bits per heavy atom. The third-order valence-electron chi connectivity index (χ3n) is 2.40. The van der Waals surface area contributed by atoms with Gasteiger partial charge in [-0.2, -0.15) is 5.10 Å². The molecule has 0 aliphatic heterocycles. The van der Waals surface area contributed by atoms with E-state index < -0.39 is 0 Å². The zero-order chi connectivity index (χ0) is 12.4. The second-order valence-electron chi connectivity index (χ2n) is 3.67. The minimum absolute atomic E-state index is 0.293. The third-order valence-corrected chi connectivity index (χ3v) is 2.40. The number of hydrogen-bond donors (Lipinski definition) is 2. The van der Waals surface area contributed by atoms with E-state index in [1.807, 2.05) is 0 Å². The molecule has 2 rings (SSSR count). The monoisotopic (exact) mass is 231 g/mol. The van der Waals surface area contributed by atoms with Gasteiger partial charge in [0.15, 0.2) is 0 Å². The molecule has 0 fully saturated rings. The molecule has 0 atom stereocenters. The fraction of sp³-hybridized carbons (Fsp3) is 0.182. The van der Waals surface area contributed by atoms with Crippen molar-refractivity contribution in [3.63, 3.8) is 0 Å². The first kappa shape index (κ1) is 11.1. The lowest BCUT2D eigenvalue weighted by Gasteiger charge is -2.05. The Labute approximate surface area is 98.5 Å². The van der Waals surface area contributed by atoms with Gasteiger partial charge in [0.05, 0.1) is 23.3 Å². The van der Waals surface area contributed by atoms with E-state index in [1.54, 1.807) is 38.5 Å². The summed E-state index contributed by atoms with van der Waals surface area (Å²) in [6.45, 7) is 1.76. The highest BCUT2D eigenvalue weighted by atomic mass is 16.2. The smallest absolute Gasteiger partial charge is 0.276 e. The zero-order valence-corrected chi connectivity index (χ0v) is 9.64. The van der Waals surface area contributed by atoms with Gasteiger partial charge in [0.1, 0.15) is 5.69 Å². The maximum Gasteiger partial charge on any atom is 0.276 e. The molecule has 0 bridgehead atoms. The van der Waals surface area contributed by atoms with Crippen molar-refractivity contribution >= 4 is 17.3 Å². The lowest BCUT2D eigenvalue weighted by atomic mass is 10.3. The molecule has 0 aromatic carbocycles. The number of anilines is 2. The van der Waals surface area contributed by atoms with Gasteiger partial charge in [0, 0.05) is 13.2 Å². The van der Waals surface area contributed by atoms with Crippen molar-refractivity contribution in [3.05, 3.63) is 35.9 Å². The van der Waals surface area contributed by atoms with Crippen LogP contribution in [0.2, 0.25) is 0 Å². The van der Waals surface area contributed by atoms with Gasteiger partial charge in [0.25, 0.3) is 5.91 Å². The van der Waals surface area contributed by atoms with Gasteiger partial charge in [-0.1, -0.05) is 0 Å². The van der Waals surface area contributed by atoms with Crippen LogP contribution in [0.1, 0.15) is 16.2 Å². The number of carbonyl (C=O) groups is 1. The van der Waals surface area contributed by atoms with Crippen molar-refractivity contribution in [2.24, 2.45) is 7.05 Å². The summed E-state index contributed by atoms with van der Waals surface area (Å²) in [4.78, 5) is 15.9. The van der Waals surface area contributed by atoms with E-state index >= 15 is 0 Å². The number of nitrogens with zero attached hydrogens (tertiary/aromatic N) is 3. The van der Waals surface area contributed by atoms with E-state index in [2.05, 4.69) is 15.4 Å². The molecule has 0 aliphatic carbocycles. The SMILES string of the molecule is Cc1nn(C)c(C(=O)Nc2cccnc2)c1N. The molecule has 6 heteroatoms. The Balaban J connectivity index is 2.27. The average Bonchev–Trinajstić information content (AvgIpc) is 2.54. The van der Waals surface area contributed by atoms with E-state index in [0.717, 1.165) is 0 Å². The fourth-order valence-corrected chi connectivity index (χ4v) is 1.57. The fourth-order valence-electron chi connectivity index (χ4n) is 1.57. The molecule has 88 valence electrons. The number of nitrogen functional groups attached to an aromatic ring is 1. The Morgan fingerprint density at radius 3 is 2.82 bits per heavy atom. The second-order valence-corrected chi connectivity index (χ2v) is 3.67. The number of amides is 1. The highest BCUT2D eigenvalue weighted by Crippen LogP contribution is 2.16. The zero-order valence-electron chi connectivity index (χ0n) is 9.64. The molecule has 6 nitrogen and oxygen atoms in total. The van der Waals surface area contributed by atoms with Crippen LogP contribution >= 0.6 is 0 Å². The quantitative estimate of drug-likeness (QED) is 0.806. The molecule has 2 heterocycles. The van der Waals surface area contributed by atoms with Crippen LogP contribution in [0.15, 0.2) is 24.5 Å². The summed E-state index contributed by atoms with van der Waals surface area (Å²) in [5, 5.41) is 6.80. The lowest BCUT2D eigenvalue weighted by molar-refractivity contribution is 0.101. The Bertz CT molecular complexity index is 546. The van der Waals surface area contributed by atoms with Crippen LogP contribution in [0, 0.1) is 6.92 Å². The van der Waals surface area contributed by atoms with Gasteiger partial charge < -0.3 is 11.1 Å². The normalized spacial score (nSPS) is 10.2. The molecule has 0 aliphatic rings. The molecule has 0 saturated heterocycles. The summed E-state index contributed by atoms with van der Waals surface area (Å²) in [5.41, 5.74) is 7.81. The Kier molecular flexibility index (Phi) is 2.78. The molecule has 1 amide bonds. The van der Waals surface area contributed by atoms with Gasteiger partial charge in [-0.15, -0.1) is 0 Å². The largest absolute Gasteiger partial charge is 0.395 e. The predicted molar refractivity (Wildman–Crippen MR) is 64.5 cm³/mol.